The maximum Gasteiger partial charge on any atom is 0.245 e. The number of anilines is 1. The van der Waals surface area contributed by atoms with Crippen molar-refractivity contribution in [2.24, 2.45) is 0 Å². The van der Waals surface area contributed by atoms with Crippen molar-refractivity contribution in [2.75, 3.05) is 37.9 Å². The normalized spacial score (nSPS) is 19.4. The van der Waals surface area contributed by atoms with Crippen LogP contribution in [0, 0.1) is 0 Å². The maximum atomic E-state index is 13.9. The fourth-order valence-electron chi connectivity index (χ4n) is 5.34. The third kappa shape index (κ3) is 3.41. The number of ether oxygens (including phenoxy) is 3. The van der Waals surface area contributed by atoms with Crippen molar-refractivity contribution < 1.29 is 19.0 Å². The van der Waals surface area contributed by atoms with Gasteiger partial charge in [-0.15, -0.1) is 0 Å². The van der Waals surface area contributed by atoms with Gasteiger partial charge < -0.3 is 24.4 Å². The molecular formula is C28H28N2O4. The van der Waals surface area contributed by atoms with Crippen LogP contribution in [0.25, 0.3) is 0 Å². The third-order valence-corrected chi connectivity index (χ3v) is 7.04. The minimum Gasteiger partial charge on any atom is -0.491 e. The van der Waals surface area contributed by atoms with E-state index in [1.807, 2.05) is 35.2 Å². The molecule has 0 saturated carbocycles. The molecular weight excluding hydrogens is 428 g/mol. The van der Waals surface area contributed by atoms with Crippen molar-refractivity contribution in [3.8, 4) is 17.2 Å². The van der Waals surface area contributed by atoms with Crippen LogP contribution >= 0.6 is 0 Å². The van der Waals surface area contributed by atoms with Crippen molar-refractivity contribution in [3.63, 3.8) is 0 Å². The van der Waals surface area contributed by atoms with Crippen LogP contribution in [-0.2, 0) is 16.6 Å². The number of nitrogens with zero attached hydrogens (tertiary/aromatic N) is 1. The lowest BCUT2D eigenvalue weighted by molar-refractivity contribution is -0.122. The highest BCUT2D eigenvalue weighted by molar-refractivity contribution is 6.11. The first kappa shape index (κ1) is 21.1. The van der Waals surface area contributed by atoms with Crippen molar-refractivity contribution >= 4 is 11.6 Å². The molecule has 1 amide bonds. The third-order valence-electron chi connectivity index (χ3n) is 7.04. The lowest BCUT2D eigenvalue weighted by Crippen LogP contribution is -2.43. The molecule has 6 heteroatoms. The number of fused-ring (bicyclic) bond motifs is 5. The van der Waals surface area contributed by atoms with E-state index in [1.165, 1.54) is 5.56 Å². The zero-order chi connectivity index (χ0) is 23.0. The highest BCUT2D eigenvalue weighted by Crippen LogP contribution is 2.54. The molecule has 1 atom stereocenters. The molecule has 3 aromatic carbocycles. The van der Waals surface area contributed by atoms with E-state index in [0.717, 1.165) is 49.2 Å². The molecule has 0 radical (unpaired) electrons. The fraction of sp³-hybridized carbons (Fsp3) is 0.321. The second kappa shape index (κ2) is 8.69. The number of carbonyl (C=O) groups is 1. The van der Waals surface area contributed by atoms with Crippen molar-refractivity contribution in [1.29, 1.82) is 0 Å². The van der Waals surface area contributed by atoms with Crippen LogP contribution in [0.1, 0.15) is 29.5 Å². The molecule has 1 unspecified atom stereocenters. The number of rotatable bonds is 8. The standard InChI is InChI=1S/C28H28N2O4/c31-27-28(18-32-24-17-26-25(16-22(24)28)33-19-34-26)21-11-4-5-12-23(21)30(27)15-7-14-29-13-6-10-20-8-2-1-3-9-20/h1-5,8-9,11-12,16-17,29H,6-7,10,13-15,18-19H2. The van der Waals surface area contributed by atoms with Gasteiger partial charge in [-0.1, -0.05) is 48.5 Å². The Hall–Kier alpha value is -3.51. The molecule has 3 aromatic rings. The van der Waals surface area contributed by atoms with E-state index in [4.69, 9.17) is 14.2 Å². The van der Waals surface area contributed by atoms with Crippen molar-refractivity contribution in [3.05, 3.63) is 83.4 Å². The molecule has 6 nitrogen and oxygen atoms in total. The number of benzene rings is 3. The van der Waals surface area contributed by atoms with Gasteiger partial charge in [0.2, 0.25) is 12.7 Å². The SMILES string of the molecule is O=C1N(CCCNCCCc2ccccc2)c2ccccc2C12COc1cc3c(cc12)OCO3. The van der Waals surface area contributed by atoms with Crippen molar-refractivity contribution in [1.82, 2.24) is 5.32 Å². The molecule has 6 rings (SSSR count). The summed E-state index contributed by atoms with van der Waals surface area (Å²) in [5.74, 6) is 2.13. The van der Waals surface area contributed by atoms with Gasteiger partial charge in [0.15, 0.2) is 11.5 Å². The molecule has 1 spiro atoms. The molecule has 3 aliphatic heterocycles. The molecule has 3 aliphatic rings. The molecule has 0 aliphatic carbocycles. The molecule has 0 aromatic heterocycles. The number of aryl methyl sites for hydroxylation is 1. The number of para-hydroxylation sites is 1. The van der Waals surface area contributed by atoms with E-state index in [0.29, 0.717) is 30.4 Å². The zero-order valence-electron chi connectivity index (χ0n) is 19.1. The Morgan fingerprint density at radius 3 is 2.47 bits per heavy atom. The summed E-state index contributed by atoms with van der Waals surface area (Å²) in [6, 6.07) is 22.4. The van der Waals surface area contributed by atoms with Gasteiger partial charge in [-0.2, -0.15) is 0 Å². The summed E-state index contributed by atoms with van der Waals surface area (Å²) in [6.45, 7) is 3.01. The Kier molecular flexibility index (Phi) is 5.38. The molecule has 0 fully saturated rings. The second-order valence-corrected chi connectivity index (χ2v) is 9.06. The van der Waals surface area contributed by atoms with Crippen LogP contribution < -0.4 is 24.4 Å². The second-order valence-electron chi connectivity index (χ2n) is 9.06. The smallest absolute Gasteiger partial charge is 0.245 e. The summed E-state index contributed by atoms with van der Waals surface area (Å²) < 4.78 is 17.2. The van der Waals surface area contributed by atoms with Gasteiger partial charge in [-0.05, 0) is 55.6 Å². The Morgan fingerprint density at radius 2 is 1.59 bits per heavy atom. The predicted molar refractivity (Wildman–Crippen MR) is 130 cm³/mol. The summed E-state index contributed by atoms with van der Waals surface area (Å²) in [5, 5.41) is 3.53. The summed E-state index contributed by atoms with van der Waals surface area (Å²) in [7, 11) is 0. The molecule has 0 bridgehead atoms. The number of carbonyl (C=O) groups excluding carboxylic acids is 1. The first-order valence-corrected chi connectivity index (χ1v) is 12.0. The highest BCUT2D eigenvalue weighted by Gasteiger charge is 2.57. The average Bonchev–Trinajstić information content (AvgIpc) is 3.55. The number of nitrogens with one attached hydrogen (secondary N) is 1. The fourth-order valence-corrected chi connectivity index (χ4v) is 5.34. The van der Waals surface area contributed by atoms with Gasteiger partial charge in [0, 0.05) is 23.9 Å². The minimum atomic E-state index is -0.823. The molecule has 3 heterocycles. The monoisotopic (exact) mass is 456 g/mol. The van der Waals surface area contributed by atoms with Crippen LogP contribution in [0.15, 0.2) is 66.7 Å². The Balaban J connectivity index is 1.13. The van der Waals surface area contributed by atoms with Crippen LogP contribution in [-0.4, -0.2) is 38.9 Å². The van der Waals surface area contributed by atoms with E-state index in [-0.39, 0.29) is 12.7 Å². The largest absolute Gasteiger partial charge is 0.491 e. The highest BCUT2D eigenvalue weighted by atomic mass is 16.7. The van der Waals surface area contributed by atoms with Crippen LogP contribution in [0.3, 0.4) is 0 Å². The number of hydrogen-bond donors (Lipinski definition) is 1. The predicted octanol–water partition coefficient (Wildman–Crippen LogP) is 4.05. The maximum absolute atomic E-state index is 13.9. The summed E-state index contributed by atoms with van der Waals surface area (Å²) in [6.07, 6.45) is 3.06. The van der Waals surface area contributed by atoms with Gasteiger partial charge in [0.25, 0.3) is 0 Å². The number of amides is 1. The lowest BCUT2D eigenvalue weighted by Gasteiger charge is -2.23. The van der Waals surface area contributed by atoms with Crippen LogP contribution in [0.2, 0.25) is 0 Å². The Bertz CT molecular complexity index is 1210. The van der Waals surface area contributed by atoms with Crippen LogP contribution in [0.4, 0.5) is 5.69 Å². The van der Waals surface area contributed by atoms with E-state index < -0.39 is 5.41 Å². The van der Waals surface area contributed by atoms with Gasteiger partial charge in [0.1, 0.15) is 17.8 Å². The van der Waals surface area contributed by atoms with Gasteiger partial charge >= 0.3 is 0 Å². The molecule has 1 N–H and O–H groups in total. The van der Waals surface area contributed by atoms with Gasteiger partial charge in [0.05, 0.1) is 0 Å². The molecule has 0 saturated heterocycles. The van der Waals surface area contributed by atoms with Crippen LogP contribution in [0.5, 0.6) is 17.2 Å². The molecule has 34 heavy (non-hydrogen) atoms. The van der Waals surface area contributed by atoms with E-state index in [9.17, 15) is 4.79 Å². The lowest BCUT2D eigenvalue weighted by atomic mass is 9.77. The van der Waals surface area contributed by atoms with Crippen molar-refractivity contribution in [2.45, 2.75) is 24.7 Å². The Labute approximate surface area is 199 Å². The Morgan fingerprint density at radius 1 is 0.824 bits per heavy atom. The topological polar surface area (TPSA) is 60.0 Å². The van der Waals surface area contributed by atoms with E-state index in [1.54, 1.807) is 0 Å². The molecule has 174 valence electrons. The van der Waals surface area contributed by atoms with Gasteiger partial charge in [-0.3, -0.25) is 4.79 Å². The quantitative estimate of drug-likeness (QED) is 0.518. The average molecular weight is 457 g/mol. The number of hydrogen-bond acceptors (Lipinski definition) is 5. The summed E-state index contributed by atoms with van der Waals surface area (Å²) in [4.78, 5) is 15.9. The first-order chi connectivity index (χ1) is 16.8. The van der Waals surface area contributed by atoms with Gasteiger partial charge in [-0.25, -0.2) is 0 Å². The zero-order valence-corrected chi connectivity index (χ0v) is 19.1. The minimum absolute atomic E-state index is 0.0791. The summed E-state index contributed by atoms with van der Waals surface area (Å²) >= 11 is 0. The summed E-state index contributed by atoms with van der Waals surface area (Å²) in [5.41, 5.74) is 3.40. The van der Waals surface area contributed by atoms with E-state index >= 15 is 0 Å². The van der Waals surface area contributed by atoms with E-state index in [2.05, 4.69) is 41.7 Å². The first-order valence-electron chi connectivity index (χ1n) is 12.0.